The number of esters is 1. The molecule has 2 N–H and O–H groups in total. The third kappa shape index (κ3) is 7.57. The number of fused-ring (bicyclic) bond motifs is 2. The van der Waals surface area contributed by atoms with Crippen LogP contribution >= 0.6 is 15.9 Å². The molecule has 0 saturated carbocycles. The quantitative estimate of drug-likeness (QED) is 0.288. The van der Waals surface area contributed by atoms with Crippen molar-refractivity contribution >= 4 is 39.6 Å². The van der Waals surface area contributed by atoms with E-state index in [9.17, 15) is 19.5 Å². The molecule has 4 aliphatic heterocycles. The van der Waals surface area contributed by atoms with Gasteiger partial charge in [-0.2, -0.15) is 0 Å². The van der Waals surface area contributed by atoms with Crippen LogP contribution in [0.4, 0.5) is 0 Å². The van der Waals surface area contributed by atoms with Crippen LogP contribution in [-0.4, -0.2) is 101 Å². The molecule has 51 heavy (non-hydrogen) atoms. The van der Waals surface area contributed by atoms with Gasteiger partial charge in [0, 0.05) is 30.1 Å². The van der Waals surface area contributed by atoms with Gasteiger partial charge in [0.2, 0.25) is 17.7 Å². The van der Waals surface area contributed by atoms with Crippen molar-refractivity contribution in [1.82, 2.24) is 15.1 Å². The highest BCUT2D eigenvalue weighted by atomic mass is 79.9. The number of benzene rings is 1. The first kappa shape index (κ1) is 39.2. The smallest absolute Gasteiger partial charge is 0.313 e. The standard InChI is InChI=1S/C39H54BrN3O8/c1-23(2)27(20-44)43-33-35(47)42(38(6,7)22-37(3,4)5)18-14-10-13-17-28(45)41-26(21-49-8)31(24-15-11-9-12-16-24)50-36(48)29-30(34(43)46)39(33)19-25(40)32(29)51-39/h9-12,14-16,19,23,26-27,29-33,44H,13,17-18,20-22H2,1-8H3,(H,41,45)/b14-10-/t26-,27+,29+,30-,31-,32+,33+,39-/m1/s1. The lowest BCUT2D eigenvalue weighted by Gasteiger charge is -2.46. The first-order valence-corrected chi connectivity index (χ1v) is 18.8. The summed E-state index contributed by atoms with van der Waals surface area (Å²) in [6, 6.07) is 6.49. The van der Waals surface area contributed by atoms with Crippen molar-refractivity contribution in [1.29, 1.82) is 0 Å². The fourth-order valence-electron chi connectivity index (χ4n) is 8.76. The fourth-order valence-corrected chi connectivity index (χ4v) is 9.50. The molecule has 12 heteroatoms. The van der Waals surface area contributed by atoms with E-state index in [2.05, 4.69) is 42.0 Å². The number of nitrogens with zero attached hydrogens (tertiary/aromatic N) is 2. The Bertz CT molecular complexity index is 1540. The van der Waals surface area contributed by atoms with Crippen LogP contribution in [-0.2, 0) is 33.4 Å². The zero-order valence-corrected chi connectivity index (χ0v) is 32.6. The monoisotopic (exact) mass is 771 g/mol. The van der Waals surface area contributed by atoms with E-state index in [0.717, 1.165) is 0 Å². The maximum Gasteiger partial charge on any atom is 0.313 e. The van der Waals surface area contributed by atoms with Gasteiger partial charge in [-0.1, -0.05) is 93.0 Å². The minimum Gasteiger partial charge on any atom is -0.455 e. The van der Waals surface area contributed by atoms with E-state index < -0.39 is 65.2 Å². The summed E-state index contributed by atoms with van der Waals surface area (Å²) in [5.41, 5.74) is -1.68. The number of ether oxygens (including phenoxy) is 3. The number of hydrogen-bond donors (Lipinski definition) is 2. The molecule has 1 aromatic rings. The van der Waals surface area contributed by atoms with Gasteiger partial charge < -0.3 is 34.4 Å². The van der Waals surface area contributed by atoms with E-state index in [1.54, 1.807) is 11.0 Å². The molecule has 0 aromatic heterocycles. The molecule has 280 valence electrons. The summed E-state index contributed by atoms with van der Waals surface area (Å²) in [5, 5.41) is 13.8. The summed E-state index contributed by atoms with van der Waals surface area (Å²) in [5.74, 6) is -4.13. The molecule has 2 fully saturated rings. The lowest BCUT2D eigenvalue weighted by molar-refractivity contribution is -0.163. The second-order valence-electron chi connectivity index (χ2n) is 16.5. The Morgan fingerprint density at radius 2 is 1.73 bits per heavy atom. The normalized spacial score (nSPS) is 31.8. The molecule has 8 atom stereocenters. The highest BCUT2D eigenvalue weighted by Gasteiger charge is 2.76. The lowest BCUT2D eigenvalue weighted by atomic mass is 9.74. The Labute approximate surface area is 310 Å². The van der Waals surface area contributed by atoms with Gasteiger partial charge in [-0.25, -0.2) is 0 Å². The maximum absolute atomic E-state index is 15.3. The van der Waals surface area contributed by atoms with E-state index in [4.69, 9.17) is 14.2 Å². The molecule has 5 rings (SSSR count). The molecule has 3 amide bonds. The number of allylic oxidation sites excluding steroid dienone is 1. The Hall–Kier alpha value is -3.06. The summed E-state index contributed by atoms with van der Waals surface area (Å²) in [6.07, 6.45) is 4.95. The molecule has 5 bridgehead atoms. The van der Waals surface area contributed by atoms with E-state index in [1.807, 2.05) is 70.2 Å². The predicted octanol–water partition coefficient (Wildman–Crippen LogP) is 4.69. The number of likely N-dealkylation sites (tertiary alicyclic amines) is 1. The molecule has 0 radical (unpaired) electrons. The summed E-state index contributed by atoms with van der Waals surface area (Å²) in [6.45, 7) is 14.1. The summed E-state index contributed by atoms with van der Waals surface area (Å²) in [4.78, 5) is 61.4. The first-order chi connectivity index (χ1) is 24.0. The van der Waals surface area contributed by atoms with Crippen molar-refractivity contribution in [2.75, 3.05) is 26.9 Å². The summed E-state index contributed by atoms with van der Waals surface area (Å²) >= 11 is 3.64. The van der Waals surface area contributed by atoms with Crippen LogP contribution in [0.25, 0.3) is 0 Å². The number of nitrogens with one attached hydrogen (secondary N) is 1. The van der Waals surface area contributed by atoms with Gasteiger partial charge in [-0.3, -0.25) is 19.2 Å². The number of aliphatic hydroxyl groups is 1. The summed E-state index contributed by atoms with van der Waals surface area (Å²) < 4.78 is 19.1. The van der Waals surface area contributed by atoms with Crippen LogP contribution in [0, 0.1) is 23.2 Å². The molecule has 0 aliphatic carbocycles. The number of rotatable bonds is 8. The molecule has 11 nitrogen and oxygen atoms in total. The van der Waals surface area contributed by atoms with Gasteiger partial charge in [-0.15, -0.1) is 0 Å². The van der Waals surface area contributed by atoms with Gasteiger partial charge in [0.05, 0.1) is 31.2 Å². The fraction of sp³-hybridized carbons (Fsp3) is 0.641. The van der Waals surface area contributed by atoms with Crippen molar-refractivity contribution in [2.45, 2.75) is 109 Å². The molecule has 1 spiro atoms. The van der Waals surface area contributed by atoms with Gasteiger partial charge >= 0.3 is 5.97 Å². The second kappa shape index (κ2) is 15.1. The second-order valence-corrected chi connectivity index (χ2v) is 17.4. The Balaban J connectivity index is 1.69. The molecule has 2 saturated heterocycles. The van der Waals surface area contributed by atoms with E-state index in [0.29, 0.717) is 22.9 Å². The average molecular weight is 773 g/mol. The summed E-state index contributed by atoms with van der Waals surface area (Å²) in [7, 11) is 1.51. The van der Waals surface area contributed by atoms with E-state index in [1.165, 1.54) is 12.0 Å². The van der Waals surface area contributed by atoms with Crippen LogP contribution in [0.15, 0.2) is 53.0 Å². The van der Waals surface area contributed by atoms with Crippen LogP contribution in [0.3, 0.4) is 0 Å². The molecule has 1 aromatic carbocycles. The Kier molecular flexibility index (Phi) is 11.6. The largest absolute Gasteiger partial charge is 0.455 e. The van der Waals surface area contributed by atoms with E-state index in [-0.39, 0.29) is 49.3 Å². The number of amides is 3. The minimum absolute atomic E-state index is 0.0592. The topological polar surface area (TPSA) is 135 Å². The number of carbonyl (C=O) groups excluding carboxylic acids is 4. The molecule has 0 unspecified atom stereocenters. The lowest BCUT2D eigenvalue weighted by Crippen LogP contribution is -2.63. The Morgan fingerprint density at radius 3 is 2.33 bits per heavy atom. The zero-order chi connectivity index (χ0) is 37.5. The number of methoxy groups -OCH3 is 1. The molecular formula is C39H54BrN3O8. The maximum atomic E-state index is 15.3. The molecule has 4 heterocycles. The van der Waals surface area contributed by atoms with E-state index >= 15 is 4.79 Å². The number of halogens is 1. The number of hydrogen-bond acceptors (Lipinski definition) is 8. The van der Waals surface area contributed by atoms with Crippen LogP contribution in [0.5, 0.6) is 0 Å². The number of carbonyl (C=O) groups is 4. The van der Waals surface area contributed by atoms with Crippen molar-refractivity contribution in [2.24, 2.45) is 23.2 Å². The van der Waals surface area contributed by atoms with Gasteiger partial charge in [0.25, 0.3) is 0 Å². The Morgan fingerprint density at radius 1 is 1.04 bits per heavy atom. The SMILES string of the molecule is COC[C@H]1NC(=O)CC/C=C\CN(C(C)(C)CC(C)(C)C)C(=O)[C@@H]2N([C@@H](CO)C(C)C)C(=O)[C@H]3[C@H](C(=O)O[C@@H]1c1ccccc1)[C@H]1O[C@@]23C=C1Br. The zero-order valence-electron chi connectivity index (χ0n) is 31.1. The van der Waals surface area contributed by atoms with Gasteiger partial charge in [0.15, 0.2) is 0 Å². The molecular weight excluding hydrogens is 718 g/mol. The third-order valence-corrected chi connectivity index (χ3v) is 11.2. The number of aliphatic hydroxyl groups excluding tert-OH is 1. The van der Waals surface area contributed by atoms with Gasteiger partial charge in [0.1, 0.15) is 29.8 Å². The van der Waals surface area contributed by atoms with Crippen LogP contribution in [0.2, 0.25) is 0 Å². The van der Waals surface area contributed by atoms with Crippen molar-refractivity contribution in [3.8, 4) is 0 Å². The highest BCUT2D eigenvalue weighted by molar-refractivity contribution is 9.11. The van der Waals surface area contributed by atoms with Crippen molar-refractivity contribution < 1.29 is 38.5 Å². The predicted molar refractivity (Wildman–Crippen MR) is 195 cm³/mol. The van der Waals surface area contributed by atoms with Crippen molar-refractivity contribution in [3.63, 3.8) is 0 Å². The van der Waals surface area contributed by atoms with Crippen LogP contribution < -0.4 is 5.32 Å². The first-order valence-electron chi connectivity index (χ1n) is 18.0. The molecule has 4 aliphatic rings. The van der Waals surface area contributed by atoms with Gasteiger partial charge in [-0.05, 0) is 49.7 Å². The highest BCUT2D eigenvalue weighted by Crippen LogP contribution is 2.60. The third-order valence-electron chi connectivity index (χ3n) is 10.6. The number of cyclic esters (lactones) is 1. The van der Waals surface area contributed by atoms with Crippen LogP contribution in [0.1, 0.15) is 79.4 Å². The minimum atomic E-state index is -1.50. The van der Waals surface area contributed by atoms with Crippen molar-refractivity contribution in [3.05, 3.63) is 58.6 Å². The average Bonchev–Trinajstić information content (AvgIpc) is 3.63.